The van der Waals surface area contributed by atoms with Gasteiger partial charge in [-0.1, -0.05) is 30.7 Å². The second-order valence-electron chi connectivity index (χ2n) is 5.62. The summed E-state index contributed by atoms with van der Waals surface area (Å²) in [6, 6.07) is 10.4. The average molecular weight is 411 g/mol. The molecule has 0 aliphatic carbocycles. The quantitative estimate of drug-likeness (QED) is 0.683. The maximum atomic E-state index is 12.1. The van der Waals surface area contributed by atoms with Gasteiger partial charge in [-0.15, -0.1) is 0 Å². The summed E-state index contributed by atoms with van der Waals surface area (Å²) >= 11 is 5.99. The Bertz CT molecular complexity index is 960. The van der Waals surface area contributed by atoms with Gasteiger partial charge in [0.25, 0.3) is 5.91 Å². The van der Waals surface area contributed by atoms with Crippen molar-refractivity contribution < 1.29 is 22.7 Å². The molecule has 2 aromatic rings. The summed E-state index contributed by atoms with van der Waals surface area (Å²) < 4.78 is 31.3. The third-order valence-corrected chi connectivity index (χ3v) is 5.45. The van der Waals surface area contributed by atoms with Crippen LogP contribution < -0.4 is 10.0 Å². The number of nitrogens with one attached hydrogen (secondary N) is 2. The van der Waals surface area contributed by atoms with Gasteiger partial charge >= 0.3 is 5.97 Å². The van der Waals surface area contributed by atoms with Gasteiger partial charge in [-0.05, 0) is 42.8 Å². The lowest BCUT2D eigenvalue weighted by Gasteiger charge is -2.09. The number of sulfonamides is 1. The average Bonchev–Trinajstić information content (AvgIpc) is 2.63. The minimum atomic E-state index is -3.70. The number of hydrogen-bond donors (Lipinski definition) is 2. The lowest BCUT2D eigenvalue weighted by atomic mass is 10.2. The first kappa shape index (κ1) is 20.9. The Morgan fingerprint density at radius 2 is 1.89 bits per heavy atom. The highest BCUT2D eigenvalue weighted by molar-refractivity contribution is 7.89. The van der Waals surface area contributed by atoms with Crippen molar-refractivity contribution in [3.8, 4) is 0 Å². The number of anilines is 1. The van der Waals surface area contributed by atoms with Gasteiger partial charge in [0.15, 0.2) is 6.61 Å². The van der Waals surface area contributed by atoms with Crippen LogP contribution in [0.5, 0.6) is 0 Å². The van der Waals surface area contributed by atoms with Gasteiger partial charge in [-0.3, -0.25) is 4.79 Å². The van der Waals surface area contributed by atoms with Crippen LogP contribution in [0, 0.1) is 6.92 Å². The van der Waals surface area contributed by atoms with Crippen LogP contribution >= 0.6 is 11.6 Å². The Kier molecular flexibility index (Phi) is 6.95. The Morgan fingerprint density at radius 1 is 1.15 bits per heavy atom. The molecule has 2 rings (SSSR count). The lowest BCUT2D eigenvalue weighted by molar-refractivity contribution is -0.119. The van der Waals surface area contributed by atoms with Crippen LogP contribution in [0.15, 0.2) is 47.4 Å². The molecule has 1 amide bonds. The second-order valence-corrected chi connectivity index (χ2v) is 7.79. The van der Waals surface area contributed by atoms with Crippen molar-refractivity contribution in [2.24, 2.45) is 0 Å². The summed E-state index contributed by atoms with van der Waals surface area (Å²) in [7, 11) is -3.70. The number of amides is 1. The number of carbonyl (C=O) groups excluding carboxylic acids is 2. The van der Waals surface area contributed by atoms with E-state index in [0.29, 0.717) is 10.7 Å². The first-order valence-electron chi connectivity index (χ1n) is 8.06. The van der Waals surface area contributed by atoms with Crippen LogP contribution in [-0.2, 0) is 19.6 Å². The fourth-order valence-corrected chi connectivity index (χ4v) is 3.41. The predicted molar refractivity (Wildman–Crippen MR) is 102 cm³/mol. The Hall–Kier alpha value is -2.42. The van der Waals surface area contributed by atoms with Crippen LogP contribution in [0.4, 0.5) is 5.69 Å². The van der Waals surface area contributed by atoms with Crippen molar-refractivity contribution in [1.82, 2.24) is 4.72 Å². The molecule has 0 aliphatic rings. The maximum absolute atomic E-state index is 12.1. The van der Waals surface area contributed by atoms with Crippen LogP contribution in [0.2, 0.25) is 5.02 Å². The van der Waals surface area contributed by atoms with Crippen molar-refractivity contribution in [2.45, 2.75) is 18.7 Å². The van der Waals surface area contributed by atoms with E-state index in [2.05, 4.69) is 10.0 Å². The number of benzene rings is 2. The maximum Gasteiger partial charge on any atom is 0.338 e. The van der Waals surface area contributed by atoms with Crippen LogP contribution in [0.3, 0.4) is 0 Å². The molecule has 0 heterocycles. The van der Waals surface area contributed by atoms with Crippen molar-refractivity contribution in [3.05, 3.63) is 58.6 Å². The Morgan fingerprint density at radius 3 is 2.56 bits per heavy atom. The molecule has 2 aromatic carbocycles. The monoisotopic (exact) mass is 410 g/mol. The van der Waals surface area contributed by atoms with E-state index in [-0.39, 0.29) is 17.0 Å². The topological polar surface area (TPSA) is 102 Å². The van der Waals surface area contributed by atoms with Crippen molar-refractivity contribution in [2.75, 3.05) is 18.5 Å². The van der Waals surface area contributed by atoms with Crippen LogP contribution in [0.25, 0.3) is 0 Å². The summed E-state index contributed by atoms with van der Waals surface area (Å²) in [5.74, 6) is -1.35. The highest BCUT2D eigenvalue weighted by atomic mass is 35.5. The third-order valence-electron chi connectivity index (χ3n) is 3.50. The SMILES string of the molecule is CCNS(=O)(=O)c1cccc(C(=O)OCC(=O)Nc2ccc(C)c(Cl)c2)c1. The van der Waals surface area contributed by atoms with Crippen LogP contribution in [-0.4, -0.2) is 33.4 Å². The largest absolute Gasteiger partial charge is 0.452 e. The molecule has 0 aliphatic heterocycles. The van der Waals surface area contributed by atoms with Gasteiger partial charge in [0, 0.05) is 17.3 Å². The van der Waals surface area contributed by atoms with Gasteiger partial charge in [0.1, 0.15) is 0 Å². The van der Waals surface area contributed by atoms with Gasteiger partial charge in [-0.25, -0.2) is 17.9 Å². The van der Waals surface area contributed by atoms with Crippen LogP contribution in [0.1, 0.15) is 22.8 Å². The zero-order valence-electron chi connectivity index (χ0n) is 14.8. The number of hydrogen-bond acceptors (Lipinski definition) is 5. The molecule has 0 saturated carbocycles. The molecule has 0 atom stereocenters. The number of esters is 1. The summed E-state index contributed by atoms with van der Waals surface area (Å²) in [5, 5.41) is 3.07. The zero-order valence-corrected chi connectivity index (χ0v) is 16.4. The zero-order chi connectivity index (χ0) is 20.0. The third kappa shape index (κ3) is 5.78. The normalized spacial score (nSPS) is 11.1. The summed E-state index contributed by atoms with van der Waals surface area (Å²) in [6.45, 7) is 3.18. The number of ether oxygens (including phenoxy) is 1. The number of aryl methyl sites for hydroxylation is 1. The van der Waals surface area contributed by atoms with E-state index in [1.54, 1.807) is 25.1 Å². The van der Waals surface area contributed by atoms with Crippen molar-refractivity contribution in [3.63, 3.8) is 0 Å². The Labute approximate surface area is 162 Å². The molecule has 144 valence electrons. The molecule has 0 aromatic heterocycles. The molecule has 0 radical (unpaired) electrons. The highest BCUT2D eigenvalue weighted by Gasteiger charge is 2.16. The number of carbonyl (C=O) groups is 2. The summed E-state index contributed by atoms with van der Waals surface area (Å²) in [6.07, 6.45) is 0. The molecule has 7 nitrogen and oxygen atoms in total. The van der Waals surface area contributed by atoms with Crippen molar-refractivity contribution in [1.29, 1.82) is 0 Å². The minimum Gasteiger partial charge on any atom is -0.452 e. The molecule has 0 saturated heterocycles. The molecule has 0 spiro atoms. The number of rotatable bonds is 7. The molecule has 2 N–H and O–H groups in total. The fourth-order valence-electron chi connectivity index (χ4n) is 2.15. The van der Waals surface area contributed by atoms with E-state index in [0.717, 1.165) is 5.56 Å². The van der Waals surface area contributed by atoms with Gasteiger partial charge in [0.05, 0.1) is 10.5 Å². The number of halogens is 1. The van der Waals surface area contributed by atoms with E-state index >= 15 is 0 Å². The van der Waals surface area contributed by atoms with E-state index in [9.17, 15) is 18.0 Å². The lowest BCUT2D eigenvalue weighted by Crippen LogP contribution is -2.24. The molecule has 9 heteroatoms. The second kappa shape index (κ2) is 8.98. The molecule has 0 bridgehead atoms. The first-order valence-corrected chi connectivity index (χ1v) is 9.92. The van der Waals surface area contributed by atoms with Crippen molar-refractivity contribution >= 4 is 39.2 Å². The molecular weight excluding hydrogens is 392 g/mol. The summed E-state index contributed by atoms with van der Waals surface area (Å²) in [4.78, 5) is 24.0. The highest BCUT2D eigenvalue weighted by Crippen LogP contribution is 2.20. The molecule has 27 heavy (non-hydrogen) atoms. The molecular formula is C18H19ClN2O5S. The molecule has 0 fully saturated rings. The van der Waals surface area contributed by atoms with E-state index in [4.69, 9.17) is 16.3 Å². The smallest absolute Gasteiger partial charge is 0.338 e. The van der Waals surface area contributed by atoms with E-state index < -0.39 is 28.5 Å². The fraction of sp³-hybridized carbons (Fsp3) is 0.222. The first-order chi connectivity index (χ1) is 12.7. The standard InChI is InChI=1S/C18H19ClN2O5S/c1-3-20-27(24,25)15-6-4-5-13(9-15)18(23)26-11-17(22)21-14-8-7-12(2)16(19)10-14/h4-10,20H,3,11H2,1-2H3,(H,21,22). The van der Waals surface area contributed by atoms with Gasteiger partial charge < -0.3 is 10.1 Å². The van der Waals surface area contributed by atoms with Gasteiger partial charge in [-0.2, -0.15) is 0 Å². The van der Waals surface area contributed by atoms with E-state index in [1.807, 2.05) is 6.92 Å². The predicted octanol–water partition coefficient (Wildman–Crippen LogP) is 2.74. The Balaban J connectivity index is 1.99. The summed E-state index contributed by atoms with van der Waals surface area (Å²) in [5.41, 5.74) is 1.37. The minimum absolute atomic E-state index is 0.0279. The molecule has 0 unspecified atom stereocenters. The van der Waals surface area contributed by atoms with E-state index in [1.165, 1.54) is 24.3 Å². The van der Waals surface area contributed by atoms with Gasteiger partial charge in [0.2, 0.25) is 10.0 Å².